The minimum Gasteiger partial charge on any atom is -0.289 e. The first-order valence-electron chi connectivity index (χ1n) is 4.63. The second kappa shape index (κ2) is 4.70. The van der Waals surface area contributed by atoms with Crippen LogP contribution in [0.4, 0.5) is 0 Å². The Kier molecular flexibility index (Phi) is 3.47. The Labute approximate surface area is 111 Å². The van der Waals surface area contributed by atoms with Gasteiger partial charge in [0, 0.05) is 25.5 Å². The first kappa shape index (κ1) is 11.8. The van der Waals surface area contributed by atoms with E-state index in [2.05, 4.69) is 15.9 Å². The smallest absolute Gasteiger partial charge is 0.195 e. The van der Waals surface area contributed by atoms with Crippen LogP contribution in [-0.2, 0) is 0 Å². The third-order valence-electron chi connectivity index (χ3n) is 2.28. The molecule has 0 fully saturated rings. The van der Waals surface area contributed by atoms with E-state index in [1.165, 1.54) is 0 Å². The highest BCUT2D eigenvalue weighted by Gasteiger charge is 2.15. The molecule has 1 nitrogen and oxygen atoms in total. The molecular formula is C12H8BrClOS. The molecule has 0 aliphatic carbocycles. The minimum atomic E-state index is 0.0299. The molecule has 0 radical (unpaired) electrons. The van der Waals surface area contributed by atoms with Crippen molar-refractivity contribution in [1.29, 1.82) is 0 Å². The summed E-state index contributed by atoms with van der Waals surface area (Å²) in [6.45, 7) is 1.95. The van der Waals surface area contributed by atoms with E-state index in [1.54, 1.807) is 29.5 Å². The van der Waals surface area contributed by atoms with Crippen LogP contribution in [-0.4, -0.2) is 5.78 Å². The summed E-state index contributed by atoms with van der Waals surface area (Å²) >= 11 is 10.8. The van der Waals surface area contributed by atoms with Crippen LogP contribution in [0.3, 0.4) is 0 Å². The maximum absolute atomic E-state index is 12.2. The number of hydrogen-bond donors (Lipinski definition) is 0. The third kappa shape index (κ3) is 2.21. The average Bonchev–Trinajstić information content (AvgIpc) is 2.63. The first-order chi connectivity index (χ1) is 7.59. The first-order valence-corrected chi connectivity index (χ1v) is 6.68. The number of hydrogen-bond acceptors (Lipinski definition) is 2. The topological polar surface area (TPSA) is 17.1 Å². The van der Waals surface area contributed by atoms with Gasteiger partial charge >= 0.3 is 0 Å². The van der Waals surface area contributed by atoms with Crippen molar-refractivity contribution in [3.05, 3.63) is 55.1 Å². The van der Waals surface area contributed by atoms with Gasteiger partial charge in [0.15, 0.2) is 5.78 Å². The maximum atomic E-state index is 12.2. The van der Waals surface area contributed by atoms with Gasteiger partial charge in [0.05, 0.1) is 0 Å². The third-order valence-corrected chi connectivity index (χ3v) is 4.02. The van der Waals surface area contributed by atoms with Crippen molar-refractivity contribution in [2.24, 2.45) is 0 Å². The second-order valence-corrected chi connectivity index (χ2v) is 5.75. The van der Waals surface area contributed by atoms with Crippen molar-refractivity contribution >= 4 is 44.7 Å². The average molecular weight is 316 g/mol. The van der Waals surface area contributed by atoms with E-state index in [4.69, 9.17) is 11.6 Å². The minimum absolute atomic E-state index is 0.0299. The number of carbonyl (C=O) groups is 1. The van der Waals surface area contributed by atoms with Gasteiger partial charge in [-0.05, 0) is 52.5 Å². The molecule has 82 valence electrons. The predicted octanol–water partition coefficient (Wildman–Crippen LogP) is 4.70. The van der Waals surface area contributed by atoms with Gasteiger partial charge in [-0.25, -0.2) is 0 Å². The molecule has 2 aromatic rings. The molecule has 0 saturated carbocycles. The van der Waals surface area contributed by atoms with E-state index in [1.807, 2.05) is 18.4 Å². The van der Waals surface area contributed by atoms with Gasteiger partial charge in [0.25, 0.3) is 0 Å². The van der Waals surface area contributed by atoms with Crippen molar-refractivity contribution in [3.63, 3.8) is 0 Å². The number of ketones is 1. The van der Waals surface area contributed by atoms with Crippen LogP contribution in [0.1, 0.15) is 20.8 Å². The predicted molar refractivity (Wildman–Crippen MR) is 71.6 cm³/mol. The molecule has 0 aliphatic rings. The quantitative estimate of drug-likeness (QED) is 0.734. The van der Waals surface area contributed by atoms with Crippen molar-refractivity contribution in [3.8, 4) is 0 Å². The van der Waals surface area contributed by atoms with E-state index >= 15 is 0 Å². The lowest BCUT2D eigenvalue weighted by molar-refractivity contribution is 0.103. The normalized spacial score (nSPS) is 10.4. The molecule has 0 aliphatic heterocycles. The van der Waals surface area contributed by atoms with E-state index in [-0.39, 0.29) is 5.78 Å². The van der Waals surface area contributed by atoms with Crippen LogP contribution in [0.25, 0.3) is 0 Å². The zero-order chi connectivity index (χ0) is 11.7. The Morgan fingerprint density at radius 2 is 2.06 bits per heavy atom. The molecule has 0 atom stereocenters. The SMILES string of the molecule is Cc1sccc1C(=O)c1ccc(Cl)cc1Br. The monoisotopic (exact) mass is 314 g/mol. The van der Waals surface area contributed by atoms with E-state index in [0.29, 0.717) is 10.6 Å². The van der Waals surface area contributed by atoms with E-state index in [0.717, 1.165) is 14.9 Å². The van der Waals surface area contributed by atoms with Gasteiger partial charge in [-0.3, -0.25) is 4.79 Å². The Balaban J connectivity index is 2.46. The van der Waals surface area contributed by atoms with Crippen LogP contribution in [0.2, 0.25) is 5.02 Å². The maximum Gasteiger partial charge on any atom is 0.195 e. The molecule has 16 heavy (non-hydrogen) atoms. The summed E-state index contributed by atoms with van der Waals surface area (Å²) in [7, 11) is 0. The lowest BCUT2D eigenvalue weighted by Crippen LogP contribution is -2.02. The highest BCUT2D eigenvalue weighted by atomic mass is 79.9. The number of carbonyl (C=O) groups excluding carboxylic acids is 1. The lowest BCUT2D eigenvalue weighted by atomic mass is 10.0. The molecule has 0 amide bonds. The van der Waals surface area contributed by atoms with Crippen LogP contribution in [0, 0.1) is 6.92 Å². The number of thiophene rings is 1. The molecule has 0 spiro atoms. The van der Waals surface area contributed by atoms with Crippen LogP contribution < -0.4 is 0 Å². The zero-order valence-electron chi connectivity index (χ0n) is 8.46. The second-order valence-electron chi connectivity index (χ2n) is 3.34. The lowest BCUT2D eigenvalue weighted by Gasteiger charge is -2.03. The Hall–Kier alpha value is -0.640. The van der Waals surface area contributed by atoms with Crippen LogP contribution in [0.5, 0.6) is 0 Å². The van der Waals surface area contributed by atoms with Gasteiger partial charge in [0.1, 0.15) is 0 Å². The summed E-state index contributed by atoms with van der Waals surface area (Å²) in [4.78, 5) is 13.2. The Morgan fingerprint density at radius 1 is 1.31 bits per heavy atom. The summed E-state index contributed by atoms with van der Waals surface area (Å²) in [5.74, 6) is 0.0299. The number of benzene rings is 1. The molecule has 1 aromatic heterocycles. The summed E-state index contributed by atoms with van der Waals surface area (Å²) in [5.41, 5.74) is 1.40. The molecule has 4 heteroatoms. The van der Waals surface area contributed by atoms with E-state index in [9.17, 15) is 4.79 Å². The Morgan fingerprint density at radius 3 is 2.62 bits per heavy atom. The fourth-order valence-corrected chi connectivity index (χ4v) is 3.00. The van der Waals surface area contributed by atoms with Gasteiger partial charge in [0.2, 0.25) is 0 Å². The van der Waals surface area contributed by atoms with Crippen molar-refractivity contribution in [2.75, 3.05) is 0 Å². The molecule has 1 aromatic carbocycles. The molecule has 0 unspecified atom stereocenters. The summed E-state index contributed by atoms with van der Waals surface area (Å²) in [6.07, 6.45) is 0. The van der Waals surface area contributed by atoms with Gasteiger partial charge in [-0.2, -0.15) is 0 Å². The molecular weight excluding hydrogens is 308 g/mol. The molecule has 0 saturated heterocycles. The molecule has 1 heterocycles. The van der Waals surface area contributed by atoms with E-state index < -0.39 is 0 Å². The largest absolute Gasteiger partial charge is 0.289 e. The van der Waals surface area contributed by atoms with Crippen molar-refractivity contribution in [2.45, 2.75) is 6.92 Å². The fourth-order valence-electron chi connectivity index (χ4n) is 1.44. The highest BCUT2D eigenvalue weighted by Crippen LogP contribution is 2.26. The number of aryl methyl sites for hydroxylation is 1. The zero-order valence-corrected chi connectivity index (χ0v) is 11.6. The highest BCUT2D eigenvalue weighted by molar-refractivity contribution is 9.10. The molecule has 0 bridgehead atoms. The summed E-state index contributed by atoms with van der Waals surface area (Å²) in [6, 6.07) is 7.05. The fraction of sp³-hybridized carbons (Fsp3) is 0.0833. The van der Waals surface area contributed by atoms with Gasteiger partial charge < -0.3 is 0 Å². The van der Waals surface area contributed by atoms with Crippen molar-refractivity contribution in [1.82, 2.24) is 0 Å². The number of rotatable bonds is 2. The summed E-state index contributed by atoms with van der Waals surface area (Å²) in [5, 5.41) is 2.54. The standard InChI is InChI=1S/C12H8BrClOS/c1-7-9(4-5-16-7)12(15)10-3-2-8(14)6-11(10)13/h2-6H,1H3. The van der Waals surface area contributed by atoms with Gasteiger partial charge in [-0.1, -0.05) is 11.6 Å². The Bertz CT molecular complexity index is 548. The van der Waals surface area contributed by atoms with Crippen molar-refractivity contribution < 1.29 is 4.79 Å². The molecule has 2 rings (SSSR count). The van der Waals surface area contributed by atoms with Crippen LogP contribution >= 0.6 is 38.9 Å². The summed E-state index contributed by atoms with van der Waals surface area (Å²) < 4.78 is 0.732. The van der Waals surface area contributed by atoms with Crippen LogP contribution in [0.15, 0.2) is 34.1 Å². The van der Waals surface area contributed by atoms with Gasteiger partial charge in [-0.15, -0.1) is 11.3 Å². The molecule has 0 N–H and O–H groups in total. The number of halogens is 2.